The predicted octanol–water partition coefficient (Wildman–Crippen LogP) is 5.43. The SMILES string of the molecule is C=C(NNC(=O)CSc1nnc(SCc2cccc3ccccc23)s1)c1cccs1. The van der Waals surface area contributed by atoms with E-state index in [0.29, 0.717) is 5.70 Å². The van der Waals surface area contributed by atoms with Gasteiger partial charge >= 0.3 is 0 Å². The minimum absolute atomic E-state index is 0.141. The molecule has 0 aliphatic carbocycles. The van der Waals surface area contributed by atoms with Crippen molar-refractivity contribution in [1.82, 2.24) is 21.0 Å². The first-order valence-electron chi connectivity index (χ1n) is 9.02. The van der Waals surface area contributed by atoms with Crippen LogP contribution in [0.4, 0.5) is 0 Å². The first-order valence-corrected chi connectivity index (χ1v) is 12.7. The molecule has 2 aromatic heterocycles. The molecule has 2 N–H and O–H groups in total. The monoisotopic (exact) mass is 470 g/mol. The Morgan fingerprint density at radius 3 is 2.60 bits per heavy atom. The molecule has 0 bridgehead atoms. The number of nitrogens with zero attached hydrogens (tertiary/aromatic N) is 2. The molecule has 0 radical (unpaired) electrons. The highest BCUT2D eigenvalue weighted by Crippen LogP contribution is 2.32. The van der Waals surface area contributed by atoms with Crippen LogP contribution in [0.25, 0.3) is 16.5 Å². The summed E-state index contributed by atoms with van der Waals surface area (Å²) in [7, 11) is 0. The Morgan fingerprint density at radius 2 is 1.77 bits per heavy atom. The largest absolute Gasteiger partial charge is 0.298 e. The van der Waals surface area contributed by atoms with E-state index in [9.17, 15) is 4.79 Å². The van der Waals surface area contributed by atoms with E-state index >= 15 is 0 Å². The van der Waals surface area contributed by atoms with Crippen LogP contribution in [-0.2, 0) is 10.5 Å². The van der Waals surface area contributed by atoms with E-state index in [2.05, 4.69) is 70.1 Å². The summed E-state index contributed by atoms with van der Waals surface area (Å²) in [5.41, 5.74) is 7.46. The van der Waals surface area contributed by atoms with Crippen molar-refractivity contribution in [1.29, 1.82) is 0 Å². The number of hydrogen-bond acceptors (Lipinski definition) is 8. The maximum Gasteiger partial charge on any atom is 0.248 e. The first kappa shape index (κ1) is 20.9. The lowest BCUT2D eigenvalue weighted by Crippen LogP contribution is -2.36. The summed E-state index contributed by atoms with van der Waals surface area (Å²) in [4.78, 5) is 13.0. The fourth-order valence-electron chi connectivity index (χ4n) is 2.69. The second-order valence-electron chi connectivity index (χ2n) is 6.18. The van der Waals surface area contributed by atoms with Gasteiger partial charge in [-0.25, -0.2) is 0 Å². The van der Waals surface area contributed by atoms with E-state index in [0.717, 1.165) is 19.3 Å². The van der Waals surface area contributed by atoms with Crippen LogP contribution in [-0.4, -0.2) is 21.9 Å². The molecule has 0 aliphatic heterocycles. The molecule has 0 atom stereocenters. The fraction of sp³-hybridized carbons (Fsp3) is 0.0952. The van der Waals surface area contributed by atoms with E-state index in [1.54, 1.807) is 23.1 Å². The molecule has 4 aromatic rings. The van der Waals surface area contributed by atoms with E-state index in [1.807, 2.05) is 17.5 Å². The summed E-state index contributed by atoms with van der Waals surface area (Å²) in [5.74, 6) is 0.946. The number of amides is 1. The predicted molar refractivity (Wildman–Crippen MR) is 129 cm³/mol. The lowest BCUT2D eigenvalue weighted by atomic mass is 10.1. The Kier molecular flexibility index (Phi) is 7.06. The van der Waals surface area contributed by atoms with Crippen LogP contribution in [0.1, 0.15) is 10.4 Å². The molecule has 0 spiro atoms. The number of hydrogen-bond donors (Lipinski definition) is 2. The molecule has 2 aromatic carbocycles. The molecule has 5 nitrogen and oxygen atoms in total. The van der Waals surface area contributed by atoms with Crippen molar-refractivity contribution in [2.24, 2.45) is 0 Å². The van der Waals surface area contributed by atoms with Crippen molar-refractivity contribution in [3.8, 4) is 0 Å². The molecule has 0 saturated carbocycles. The Balaban J connectivity index is 1.25. The van der Waals surface area contributed by atoms with Gasteiger partial charge in [-0.15, -0.1) is 21.5 Å². The quantitative estimate of drug-likeness (QED) is 0.251. The Hall–Kier alpha value is -2.33. The average molecular weight is 471 g/mol. The summed E-state index contributed by atoms with van der Waals surface area (Å²) in [6, 6.07) is 18.6. The number of benzene rings is 2. The molecule has 9 heteroatoms. The number of fused-ring (bicyclic) bond motifs is 1. The van der Waals surface area contributed by atoms with Crippen LogP contribution in [0.3, 0.4) is 0 Å². The van der Waals surface area contributed by atoms with Crippen LogP contribution in [0.15, 0.2) is 75.2 Å². The van der Waals surface area contributed by atoms with Crippen molar-refractivity contribution < 1.29 is 4.79 Å². The second-order valence-corrected chi connectivity index (χ2v) is 10.5. The van der Waals surface area contributed by atoms with Gasteiger partial charge in [0.05, 0.1) is 16.3 Å². The highest BCUT2D eigenvalue weighted by atomic mass is 32.2. The highest BCUT2D eigenvalue weighted by Gasteiger charge is 2.10. The average Bonchev–Trinajstić information content (AvgIpc) is 3.47. The van der Waals surface area contributed by atoms with Gasteiger partial charge in [0.2, 0.25) is 5.91 Å². The Morgan fingerprint density at radius 1 is 0.967 bits per heavy atom. The zero-order valence-electron chi connectivity index (χ0n) is 15.8. The van der Waals surface area contributed by atoms with Crippen LogP contribution in [0, 0.1) is 0 Å². The third-order valence-electron chi connectivity index (χ3n) is 4.12. The third kappa shape index (κ3) is 5.42. The lowest BCUT2D eigenvalue weighted by molar-refractivity contribution is -0.119. The first-order chi connectivity index (χ1) is 14.7. The van der Waals surface area contributed by atoms with Gasteiger partial charge < -0.3 is 0 Å². The molecule has 1 amide bonds. The van der Waals surface area contributed by atoms with Crippen molar-refractivity contribution in [2.45, 2.75) is 14.4 Å². The fourth-order valence-corrected chi connectivity index (χ4v) is 6.17. The lowest BCUT2D eigenvalue weighted by Gasteiger charge is -2.08. The van der Waals surface area contributed by atoms with Crippen LogP contribution < -0.4 is 10.9 Å². The minimum atomic E-state index is -0.141. The zero-order chi connectivity index (χ0) is 20.8. The number of carbonyl (C=O) groups excluding carboxylic acids is 1. The van der Waals surface area contributed by atoms with Gasteiger partial charge in [-0.2, -0.15) is 0 Å². The van der Waals surface area contributed by atoms with E-state index in [-0.39, 0.29) is 11.7 Å². The molecule has 0 fully saturated rings. The number of nitrogens with one attached hydrogen (secondary N) is 2. The number of thioether (sulfide) groups is 2. The van der Waals surface area contributed by atoms with Gasteiger partial charge in [0, 0.05) is 5.75 Å². The van der Waals surface area contributed by atoms with Crippen molar-refractivity contribution in [2.75, 3.05) is 5.75 Å². The number of aromatic nitrogens is 2. The van der Waals surface area contributed by atoms with Crippen molar-refractivity contribution >= 4 is 68.6 Å². The molecule has 4 rings (SSSR count). The van der Waals surface area contributed by atoms with Gasteiger partial charge in [-0.1, -0.05) is 90.0 Å². The van der Waals surface area contributed by atoms with Gasteiger partial charge in [0.1, 0.15) is 0 Å². The van der Waals surface area contributed by atoms with Crippen LogP contribution in [0.5, 0.6) is 0 Å². The zero-order valence-corrected chi connectivity index (χ0v) is 19.1. The molecule has 0 unspecified atom stereocenters. The molecule has 152 valence electrons. The van der Waals surface area contributed by atoms with Gasteiger partial charge in [-0.05, 0) is 27.8 Å². The van der Waals surface area contributed by atoms with E-state index < -0.39 is 0 Å². The van der Waals surface area contributed by atoms with Crippen molar-refractivity contribution in [3.63, 3.8) is 0 Å². The van der Waals surface area contributed by atoms with Crippen molar-refractivity contribution in [3.05, 3.63) is 77.0 Å². The second kappa shape index (κ2) is 10.1. The number of carbonyl (C=O) groups is 1. The topological polar surface area (TPSA) is 66.9 Å². The molecular weight excluding hydrogens is 453 g/mol. The van der Waals surface area contributed by atoms with Gasteiger partial charge in [-0.3, -0.25) is 15.6 Å². The standard InChI is InChI=1S/C21H18N4OS4/c1-14(18-10-5-11-27-18)22-23-19(26)13-29-21-25-24-20(30-21)28-12-16-8-4-7-15-6-2-3-9-17(15)16/h2-11,22H,1,12-13H2,(H,23,26). The number of hydrazine groups is 1. The third-order valence-corrected chi connectivity index (χ3v) is 8.29. The number of thiophene rings is 1. The Labute approximate surface area is 191 Å². The molecular formula is C21H18N4OS4. The Bertz CT molecular complexity index is 1150. The normalized spacial score (nSPS) is 10.8. The summed E-state index contributed by atoms with van der Waals surface area (Å²) >= 11 is 6.11. The number of rotatable bonds is 9. The van der Waals surface area contributed by atoms with Crippen LogP contribution >= 0.6 is 46.2 Å². The van der Waals surface area contributed by atoms with Crippen LogP contribution in [0.2, 0.25) is 0 Å². The van der Waals surface area contributed by atoms with Gasteiger partial charge in [0.25, 0.3) is 0 Å². The van der Waals surface area contributed by atoms with E-state index in [4.69, 9.17) is 0 Å². The highest BCUT2D eigenvalue weighted by molar-refractivity contribution is 8.03. The van der Waals surface area contributed by atoms with E-state index in [1.165, 1.54) is 39.4 Å². The summed E-state index contributed by atoms with van der Waals surface area (Å²) in [5, 5.41) is 12.9. The maximum atomic E-state index is 12.1. The summed E-state index contributed by atoms with van der Waals surface area (Å²) in [6.45, 7) is 3.91. The minimum Gasteiger partial charge on any atom is -0.298 e. The molecule has 30 heavy (non-hydrogen) atoms. The molecule has 0 saturated heterocycles. The maximum absolute atomic E-state index is 12.1. The molecule has 0 aliphatic rings. The van der Waals surface area contributed by atoms with Gasteiger partial charge in [0.15, 0.2) is 8.68 Å². The smallest absolute Gasteiger partial charge is 0.248 e. The molecule has 2 heterocycles. The summed E-state index contributed by atoms with van der Waals surface area (Å²) in [6.07, 6.45) is 0. The summed E-state index contributed by atoms with van der Waals surface area (Å²) < 4.78 is 1.68.